The van der Waals surface area contributed by atoms with Crippen LogP contribution in [0.5, 0.6) is 0 Å². The Bertz CT molecular complexity index is 418. The van der Waals surface area contributed by atoms with Gasteiger partial charge in [-0.05, 0) is 6.92 Å². The lowest BCUT2D eigenvalue weighted by Crippen LogP contribution is -2.19. The Morgan fingerprint density at radius 3 is 2.78 bits per heavy atom. The molecule has 0 unspecified atom stereocenters. The van der Waals surface area contributed by atoms with E-state index in [1.54, 1.807) is 6.92 Å². The van der Waals surface area contributed by atoms with Gasteiger partial charge in [0.2, 0.25) is 0 Å². The molecular formula is C10H12ClF3N2O2. The summed E-state index contributed by atoms with van der Waals surface area (Å²) in [5.41, 5.74) is 0.203. The van der Waals surface area contributed by atoms with Crippen LogP contribution in [0.25, 0.3) is 0 Å². The van der Waals surface area contributed by atoms with Crippen molar-refractivity contribution in [3.8, 4) is 0 Å². The van der Waals surface area contributed by atoms with Crippen molar-refractivity contribution in [2.24, 2.45) is 0 Å². The summed E-state index contributed by atoms with van der Waals surface area (Å²) >= 11 is 5.78. The van der Waals surface area contributed by atoms with Crippen molar-refractivity contribution in [3.05, 3.63) is 16.9 Å². The molecule has 0 aliphatic heterocycles. The number of aromatic nitrogens is 2. The molecule has 1 aromatic heterocycles. The molecule has 0 saturated heterocycles. The number of rotatable bonds is 6. The summed E-state index contributed by atoms with van der Waals surface area (Å²) in [6.45, 7) is 0.572. The maximum Gasteiger partial charge on any atom is 0.411 e. The van der Waals surface area contributed by atoms with Gasteiger partial charge in [-0.3, -0.25) is 9.48 Å². The number of alkyl halides is 3. The summed E-state index contributed by atoms with van der Waals surface area (Å²) in [7, 11) is 0. The third-order valence-electron chi connectivity index (χ3n) is 2.10. The number of halogens is 4. The van der Waals surface area contributed by atoms with Crippen LogP contribution in [0.2, 0.25) is 5.02 Å². The third kappa shape index (κ3) is 4.30. The summed E-state index contributed by atoms with van der Waals surface area (Å²) in [5.74, 6) is -0.387. The van der Waals surface area contributed by atoms with E-state index in [1.807, 2.05) is 0 Å². The molecule has 0 N–H and O–H groups in total. The predicted molar refractivity (Wildman–Crippen MR) is 58.7 cm³/mol. The zero-order chi connectivity index (χ0) is 13.8. The van der Waals surface area contributed by atoms with Gasteiger partial charge in [0.15, 0.2) is 5.78 Å². The molecular weight excluding hydrogens is 273 g/mol. The van der Waals surface area contributed by atoms with Crippen LogP contribution in [0.1, 0.15) is 23.8 Å². The molecule has 1 heterocycles. The molecule has 1 rings (SSSR count). The first kappa shape index (κ1) is 15.0. The SMILES string of the molecule is CCn1ncc(Cl)c1C(=O)CCOCC(F)(F)F. The summed E-state index contributed by atoms with van der Waals surface area (Å²) in [4.78, 5) is 11.7. The van der Waals surface area contributed by atoms with E-state index < -0.39 is 12.8 Å². The van der Waals surface area contributed by atoms with Crippen molar-refractivity contribution in [3.63, 3.8) is 0 Å². The average molecular weight is 285 g/mol. The number of nitrogens with zero attached hydrogens (tertiary/aromatic N) is 2. The van der Waals surface area contributed by atoms with Crippen molar-refractivity contribution in [1.29, 1.82) is 0 Å². The molecule has 0 aromatic carbocycles. The van der Waals surface area contributed by atoms with E-state index in [1.165, 1.54) is 10.9 Å². The summed E-state index contributed by atoms with van der Waals surface area (Å²) < 4.78 is 41.1. The van der Waals surface area contributed by atoms with E-state index in [0.29, 0.717) is 6.54 Å². The van der Waals surface area contributed by atoms with Gasteiger partial charge in [-0.25, -0.2) is 0 Å². The second-order valence-electron chi connectivity index (χ2n) is 3.50. The summed E-state index contributed by atoms with van der Waals surface area (Å²) in [5, 5.41) is 4.06. The molecule has 0 radical (unpaired) electrons. The Morgan fingerprint density at radius 1 is 1.56 bits per heavy atom. The molecule has 0 bridgehead atoms. The number of hydrogen-bond acceptors (Lipinski definition) is 3. The topological polar surface area (TPSA) is 44.1 Å². The van der Waals surface area contributed by atoms with E-state index in [2.05, 4.69) is 9.84 Å². The second kappa shape index (κ2) is 6.19. The van der Waals surface area contributed by atoms with Crippen LogP contribution in [-0.2, 0) is 11.3 Å². The van der Waals surface area contributed by atoms with Crippen LogP contribution in [0.4, 0.5) is 13.2 Å². The lowest BCUT2D eigenvalue weighted by Gasteiger charge is -2.08. The van der Waals surface area contributed by atoms with Gasteiger partial charge in [-0.15, -0.1) is 0 Å². The van der Waals surface area contributed by atoms with Gasteiger partial charge in [0.25, 0.3) is 0 Å². The number of Topliss-reactive ketones (excluding diaryl/α,β-unsaturated/α-hetero) is 1. The Hall–Kier alpha value is -1.08. The summed E-state index contributed by atoms with van der Waals surface area (Å²) in [6, 6.07) is 0. The number of hydrogen-bond donors (Lipinski definition) is 0. The number of carbonyl (C=O) groups is 1. The number of aryl methyl sites for hydroxylation is 1. The molecule has 8 heteroatoms. The summed E-state index contributed by atoms with van der Waals surface area (Å²) in [6.07, 6.45) is -3.22. The molecule has 0 aliphatic carbocycles. The first-order valence-corrected chi connectivity index (χ1v) is 5.62. The van der Waals surface area contributed by atoms with Crippen molar-refractivity contribution in [2.45, 2.75) is 26.1 Å². The van der Waals surface area contributed by atoms with Crippen LogP contribution >= 0.6 is 11.6 Å². The van der Waals surface area contributed by atoms with E-state index in [0.717, 1.165) is 0 Å². The highest BCUT2D eigenvalue weighted by Crippen LogP contribution is 2.18. The average Bonchev–Trinajstić information content (AvgIpc) is 2.64. The quantitative estimate of drug-likeness (QED) is 0.596. The molecule has 4 nitrogen and oxygen atoms in total. The van der Waals surface area contributed by atoms with Gasteiger partial charge >= 0.3 is 6.18 Å². The lowest BCUT2D eigenvalue weighted by atomic mass is 10.2. The van der Waals surface area contributed by atoms with Crippen LogP contribution in [0, 0.1) is 0 Å². The molecule has 0 saturated carbocycles. The number of ketones is 1. The van der Waals surface area contributed by atoms with Crippen LogP contribution in [0.15, 0.2) is 6.20 Å². The highest BCUT2D eigenvalue weighted by Gasteiger charge is 2.27. The predicted octanol–water partition coefficient (Wildman–Crippen LogP) is 2.71. The first-order valence-electron chi connectivity index (χ1n) is 5.24. The van der Waals surface area contributed by atoms with Gasteiger partial charge in [-0.2, -0.15) is 18.3 Å². The largest absolute Gasteiger partial charge is 0.411 e. The second-order valence-corrected chi connectivity index (χ2v) is 3.91. The van der Waals surface area contributed by atoms with Crippen molar-refractivity contribution in [1.82, 2.24) is 9.78 Å². The molecule has 0 aliphatic rings. The standard InChI is InChI=1S/C10H12ClF3N2O2/c1-2-16-9(7(11)5-15-16)8(17)3-4-18-6-10(12,13)14/h5H,2-4,6H2,1H3. The Kier molecular flexibility index (Phi) is 5.15. The fourth-order valence-electron chi connectivity index (χ4n) is 1.35. The van der Waals surface area contributed by atoms with E-state index >= 15 is 0 Å². The van der Waals surface area contributed by atoms with Crippen molar-refractivity contribution >= 4 is 17.4 Å². The smallest absolute Gasteiger partial charge is 0.372 e. The Labute approximate surface area is 107 Å². The van der Waals surface area contributed by atoms with E-state index in [4.69, 9.17) is 11.6 Å². The third-order valence-corrected chi connectivity index (χ3v) is 2.37. The monoisotopic (exact) mass is 284 g/mol. The fraction of sp³-hybridized carbons (Fsp3) is 0.600. The Morgan fingerprint density at radius 2 is 2.22 bits per heavy atom. The van der Waals surface area contributed by atoms with E-state index in [-0.39, 0.29) is 29.5 Å². The zero-order valence-electron chi connectivity index (χ0n) is 9.63. The van der Waals surface area contributed by atoms with Gasteiger partial charge in [0.1, 0.15) is 12.3 Å². The van der Waals surface area contributed by atoms with E-state index in [9.17, 15) is 18.0 Å². The molecule has 0 amide bonds. The van der Waals surface area contributed by atoms with Crippen LogP contribution in [-0.4, -0.2) is 35.0 Å². The minimum absolute atomic E-state index is 0.165. The highest BCUT2D eigenvalue weighted by atomic mass is 35.5. The Balaban J connectivity index is 2.48. The molecule has 18 heavy (non-hydrogen) atoms. The number of ether oxygens (including phenoxy) is 1. The maximum atomic E-state index is 11.8. The first-order chi connectivity index (χ1) is 8.35. The van der Waals surface area contributed by atoms with Gasteiger partial charge in [0.05, 0.1) is 17.8 Å². The normalized spacial score (nSPS) is 11.8. The minimum atomic E-state index is -4.38. The fourth-order valence-corrected chi connectivity index (χ4v) is 1.60. The van der Waals surface area contributed by atoms with Gasteiger partial charge in [0, 0.05) is 13.0 Å². The van der Waals surface area contributed by atoms with Crippen LogP contribution in [0.3, 0.4) is 0 Å². The van der Waals surface area contributed by atoms with Crippen molar-refractivity contribution in [2.75, 3.05) is 13.2 Å². The minimum Gasteiger partial charge on any atom is -0.372 e. The highest BCUT2D eigenvalue weighted by molar-refractivity contribution is 6.33. The lowest BCUT2D eigenvalue weighted by molar-refractivity contribution is -0.173. The molecule has 0 spiro atoms. The van der Waals surface area contributed by atoms with Gasteiger partial charge in [-0.1, -0.05) is 11.6 Å². The molecule has 0 atom stereocenters. The zero-order valence-corrected chi connectivity index (χ0v) is 10.4. The maximum absolute atomic E-state index is 11.8. The van der Waals surface area contributed by atoms with Gasteiger partial charge < -0.3 is 4.74 Å². The molecule has 102 valence electrons. The molecule has 1 aromatic rings. The van der Waals surface area contributed by atoms with Crippen molar-refractivity contribution < 1.29 is 22.7 Å². The number of carbonyl (C=O) groups excluding carboxylic acids is 1. The molecule has 0 fully saturated rings. The van der Waals surface area contributed by atoms with Crippen LogP contribution < -0.4 is 0 Å².